The molecule has 0 spiro atoms. The Balaban J connectivity index is 1.76. The summed E-state index contributed by atoms with van der Waals surface area (Å²) in [5.74, 6) is 0. The molecule has 2 heterocycles. The van der Waals surface area contributed by atoms with Crippen molar-refractivity contribution in [3.63, 3.8) is 0 Å². The van der Waals surface area contributed by atoms with Gasteiger partial charge in [0.05, 0.1) is 6.67 Å². The van der Waals surface area contributed by atoms with Crippen LogP contribution in [0.15, 0.2) is 12.3 Å². The summed E-state index contributed by atoms with van der Waals surface area (Å²) in [6.45, 7) is 5.74. The summed E-state index contributed by atoms with van der Waals surface area (Å²) in [6.07, 6.45) is 7.07. The Hall–Kier alpha value is -0.540. The zero-order valence-corrected chi connectivity index (χ0v) is 7.66. The Kier molecular flexibility index (Phi) is 2.33. The number of hydrazine groups is 1. The van der Waals surface area contributed by atoms with E-state index in [9.17, 15) is 0 Å². The smallest absolute Gasteiger partial charge is 0.0856 e. The van der Waals surface area contributed by atoms with Crippen LogP contribution in [0.3, 0.4) is 0 Å². The van der Waals surface area contributed by atoms with Crippen LogP contribution in [0, 0.1) is 0 Å². The molecule has 12 heavy (non-hydrogen) atoms. The molecule has 3 nitrogen and oxygen atoms in total. The van der Waals surface area contributed by atoms with E-state index in [1.165, 1.54) is 25.9 Å². The van der Waals surface area contributed by atoms with Crippen molar-refractivity contribution in [2.24, 2.45) is 0 Å². The molecule has 0 aromatic heterocycles. The van der Waals surface area contributed by atoms with Crippen LogP contribution in [0.1, 0.15) is 19.8 Å². The minimum Gasteiger partial charge on any atom is -0.301 e. The molecule has 0 amide bonds. The van der Waals surface area contributed by atoms with Gasteiger partial charge in [-0.3, -0.25) is 4.90 Å². The highest BCUT2D eigenvalue weighted by atomic mass is 15.6. The Labute approximate surface area is 74.0 Å². The molecule has 0 saturated carbocycles. The van der Waals surface area contributed by atoms with Crippen LogP contribution in [-0.2, 0) is 0 Å². The van der Waals surface area contributed by atoms with Crippen LogP contribution in [0.25, 0.3) is 0 Å². The largest absolute Gasteiger partial charge is 0.301 e. The van der Waals surface area contributed by atoms with Crippen LogP contribution >= 0.6 is 0 Å². The molecule has 0 aromatic carbocycles. The summed E-state index contributed by atoms with van der Waals surface area (Å²) < 4.78 is 0. The monoisotopic (exact) mass is 167 g/mol. The molecule has 0 aromatic rings. The highest BCUT2D eigenvalue weighted by molar-refractivity contribution is 4.96. The molecule has 1 saturated heterocycles. The third-order valence-electron chi connectivity index (χ3n) is 2.48. The van der Waals surface area contributed by atoms with Crippen molar-refractivity contribution in [3.8, 4) is 0 Å². The molecule has 2 rings (SSSR count). The van der Waals surface area contributed by atoms with E-state index < -0.39 is 0 Å². The fourth-order valence-corrected chi connectivity index (χ4v) is 1.81. The standard InChI is InChI=1S/C9H17N3/c1-9-4-7-12(10-9)8-11-5-2-3-6-11/h4,7,9-10H,2-3,5-6,8H2,1H3. The van der Waals surface area contributed by atoms with Gasteiger partial charge in [0, 0.05) is 12.2 Å². The second kappa shape index (κ2) is 3.46. The third-order valence-corrected chi connectivity index (χ3v) is 2.48. The molecular formula is C9H17N3. The molecule has 68 valence electrons. The van der Waals surface area contributed by atoms with Gasteiger partial charge in [-0.2, -0.15) is 0 Å². The summed E-state index contributed by atoms with van der Waals surface area (Å²) in [5, 5.41) is 2.18. The first-order valence-corrected chi connectivity index (χ1v) is 4.78. The van der Waals surface area contributed by atoms with Gasteiger partial charge < -0.3 is 5.01 Å². The number of rotatable bonds is 2. The highest BCUT2D eigenvalue weighted by Crippen LogP contribution is 2.09. The van der Waals surface area contributed by atoms with E-state index in [2.05, 4.69) is 34.5 Å². The predicted molar refractivity (Wildman–Crippen MR) is 49.3 cm³/mol. The van der Waals surface area contributed by atoms with Gasteiger partial charge in [-0.05, 0) is 38.9 Å². The van der Waals surface area contributed by atoms with E-state index in [0.29, 0.717) is 6.04 Å². The highest BCUT2D eigenvalue weighted by Gasteiger charge is 2.16. The van der Waals surface area contributed by atoms with Crippen molar-refractivity contribution >= 4 is 0 Å². The summed E-state index contributed by atoms with van der Waals surface area (Å²) in [7, 11) is 0. The van der Waals surface area contributed by atoms with E-state index in [4.69, 9.17) is 0 Å². The van der Waals surface area contributed by atoms with Gasteiger partial charge in [-0.1, -0.05) is 0 Å². The zero-order valence-electron chi connectivity index (χ0n) is 7.66. The lowest BCUT2D eigenvalue weighted by atomic mass is 10.4. The Morgan fingerprint density at radius 1 is 1.42 bits per heavy atom. The van der Waals surface area contributed by atoms with Crippen LogP contribution in [0.4, 0.5) is 0 Å². The van der Waals surface area contributed by atoms with Gasteiger partial charge in [0.1, 0.15) is 0 Å². The number of hydrogen-bond donors (Lipinski definition) is 1. The summed E-state index contributed by atoms with van der Waals surface area (Å²) >= 11 is 0. The maximum absolute atomic E-state index is 3.36. The molecule has 2 aliphatic heterocycles. The molecule has 1 unspecified atom stereocenters. The van der Waals surface area contributed by atoms with Crippen molar-refractivity contribution < 1.29 is 0 Å². The lowest BCUT2D eigenvalue weighted by Crippen LogP contribution is -2.41. The number of nitrogens with zero attached hydrogens (tertiary/aromatic N) is 2. The lowest BCUT2D eigenvalue weighted by molar-refractivity contribution is 0.159. The SMILES string of the molecule is CC1C=CN(CN2CCCC2)N1. The quantitative estimate of drug-likeness (QED) is 0.655. The first-order chi connectivity index (χ1) is 5.84. The van der Waals surface area contributed by atoms with E-state index in [-0.39, 0.29) is 0 Å². The molecule has 1 N–H and O–H groups in total. The van der Waals surface area contributed by atoms with Crippen molar-refractivity contribution in [2.45, 2.75) is 25.8 Å². The maximum Gasteiger partial charge on any atom is 0.0856 e. The predicted octanol–water partition coefficient (Wildman–Crippen LogP) is 0.762. The number of likely N-dealkylation sites (tertiary alicyclic amines) is 1. The number of nitrogens with one attached hydrogen (secondary N) is 1. The van der Waals surface area contributed by atoms with Crippen LogP contribution in [-0.4, -0.2) is 35.7 Å². The normalized spacial score (nSPS) is 30.4. The van der Waals surface area contributed by atoms with E-state index in [1.54, 1.807) is 0 Å². The van der Waals surface area contributed by atoms with Crippen LogP contribution < -0.4 is 5.43 Å². The van der Waals surface area contributed by atoms with Gasteiger partial charge in [-0.15, -0.1) is 0 Å². The molecule has 3 heteroatoms. The van der Waals surface area contributed by atoms with Crippen molar-refractivity contribution in [2.75, 3.05) is 19.8 Å². The van der Waals surface area contributed by atoms with E-state index in [0.717, 1.165) is 6.67 Å². The number of hydrogen-bond acceptors (Lipinski definition) is 3. The van der Waals surface area contributed by atoms with Gasteiger partial charge in [0.2, 0.25) is 0 Å². The average molecular weight is 167 g/mol. The zero-order chi connectivity index (χ0) is 8.39. The average Bonchev–Trinajstić information content (AvgIpc) is 2.63. The van der Waals surface area contributed by atoms with Gasteiger partial charge in [0.25, 0.3) is 0 Å². The van der Waals surface area contributed by atoms with Crippen LogP contribution in [0.5, 0.6) is 0 Å². The Bertz CT molecular complexity index is 173. The first kappa shape index (κ1) is 8.08. The van der Waals surface area contributed by atoms with Crippen molar-refractivity contribution in [1.29, 1.82) is 0 Å². The van der Waals surface area contributed by atoms with Crippen molar-refractivity contribution in [1.82, 2.24) is 15.3 Å². The van der Waals surface area contributed by atoms with E-state index >= 15 is 0 Å². The molecular weight excluding hydrogens is 150 g/mol. The first-order valence-electron chi connectivity index (χ1n) is 4.78. The topological polar surface area (TPSA) is 18.5 Å². The molecule has 2 aliphatic rings. The lowest BCUT2D eigenvalue weighted by Gasteiger charge is -2.24. The fraction of sp³-hybridized carbons (Fsp3) is 0.778. The molecule has 0 radical (unpaired) electrons. The molecule has 1 atom stereocenters. The van der Waals surface area contributed by atoms with Crippen molar-refractivity contribution in [3.05, 3.63) is 12.3 Å². The summed E-state index contributed by atoms with van der Waals surface area (Å²) in [4.78, 5) is 2.48. The summed E-state index contributed by atoms with van der Waals surface area (Å²) in [6, 6.07) is 0.507. The third kappa shape index (κ3) is 1.79. The summed E-state index contributed by atoms with van der Waals surface area (Å²) in [5.41, 5.74) is 3.36. The fourth-order valence-electron chi connectivity index (χ4n) is 1.81. The van der Waals surface area contributed by atoms with Gasteiger partial charge >= 0.3 is 0 Å². The molecule has 1 fully saturated rings. The molecule has 0 aliphatic carbocycles. The maximum atomic E-state index is 3.36. The van der Waals surface area contributed by atoms with Gasteiger partial charge in [-0.25, -0.2) is 5.43 Å². The Morgan fingerprint density at radius 2 is 2.17 bits per heavy atom. The second-order valence-electron chi connectivity index (χ2n) is 3.70. The minimum atomic E-state index is 0.507. The molecule has 0 bridgehead atoms. The van der Waals surface area contributed by atoms with Crippen LogP contribution in [0.2, 0.25) is 0 Å². The second-order valence-corrected chi connectivity index (χ2v) is 3.70. The Morgan fingerprint density at radius 3 is 2.75 bits per heavy atom. The minimum absolute atomic E-state index is 0.507. The van der Waals surface area contributed by atoms with E-state index in [1.807, 2.05) is 0 Å². The van der Waals surface area contributed by atoms with Gasteiger partial charge in [0.15, 0.2) is 0 Å².